The van der Waals surface area contributed by atoms with Gasteiger partial charge in [-0.2, -0.15) is 0 Å². The number of aliphatic imine (C=N–C) groups is 1. The van der Waals surface area contributed by atoms with Gasteiger partial charge in [-0.05, 0) is 19.9 Å². The van der Waals surface area contributed by atoms with E-state index in [0.717, 1.165) is 11.4 Å². The molecular weight excluding hydrogens is 164 g/mol. The van der Waals surface area contributed by atoms with Crippen molar-refractivity contribution in [3.63, 3.8) is 0 Å². The number of nitrogens with one attached hydrogen (secondary N) is 1. The van der Waals surface area contributed by atoms with Gasteiger partial charge in [0.1, 0.15) is 0 Å². The molecule has 0 aromatic heterocycles. The molecular formula is C10H12N2O. The van der Waals surface area contributed by atoms with Gasteiger partial charge < -0.3 is 0 Å². The van der Waals surface area contributed by atoms with Gasteiger partial charge in [0, 0.05) is 5.56 Å². The first-order valence-electron chi connectivity index (χ1n) is 4.32. The fourth-order valence-corrected chi connectivity index (χ4v) is 1.30. The van der Waals surface area contributed by atoms with Crippen LogP contribution >= 0.6 is 0 Å². The fourth-order valence-electron chi connectivity index (χ4n) is 1.30. The average Bonchev–Trinajstić information content (AvgIpc) is 2.52. The van der Waals surface area contributed by atoms with Gasteiger partial charge in [0.2, 0.25) is 0 Å². The van der Waals surface area contributed by atoms with Gasteiger partial charge in [-0.25, -0.2) is 15.3 Å². The van der Waals surface area contributed by atoms with Crippen molar-refractivity contribution in [3.8, 4) is 0 Å². The van der Waals surface area contributed by atoms with E-state index in [0.29, 0.717) is 0 Å². The molecule has 0 bridgehead atoms. The van der Waals surface area contributed by atoms with Gasteiger partial charge in [0.15, 0.2) is 12.1 Å². The lowest BCUT2D eigenvalue weighted by Gasteiger charge is -2.01. The van der Waals surface area contributed by atoms with Crippen LogP contribution in [-0.4, -0.2) is 12.1 Å². The molecule has 68 valence electrons. The largest absolute Gasteiger partial charge is 0.248 e. The molecule has 0 amide bonds. The molecule has 0 fully saturated rings. The van der Waals surface area contributed by atoms with Crippen LogP contribution in [0.15, 0.2) is 29.3 Å². The molecule has 0 saturated heterocycles. The zero-order valence-electron chi connectivity index (χ0n) is 7.74. The third-order valence-electron chi connectivity index (χ3n) is 1.93. The van der Waals surface area contributed by atoms with Crippen molar-refractivity contribution in [1.29, 1.82) is 0 Å². The predicted octanol–water partition coefficient (Wildman–Crippen LogP) is 1.62. The van der Waals surface area contributed by atoms with Crippen LogP contribution in [0.2, 0.25) is 0 Å². The topological polar surface area (TPSA) is 33.6 Å². The third-order valence-corrected chi connectivity index (χ3v) is 1.93. The highest BCUT2D eigenvalue weighted by atomic mass is 16.7. The monoisotopic (exact) mass is 176 g/mol. The first kappa shape index (κ1) is 8.26. The Kier molecular flexibility index (Phi) is 2.02. The smallest absolute Gasteiger partial charge is 0.174 e. The fraction of sp³-hybridized carbons (Fsp3) is 0.300. The molecule has 1 aromatic rings. The van der Waals surface area contributed by atoms with Crippen LogP contribution in [-0.2, 0) is 4.84 Å². The Morgan fingerprint density at radius 2 is 2.31 bits per heavy atom. The average molecular weight is 176 g/mol. The number of aryl methyl sites for hydroxylation is 1. The Morgan fingerprint density at radius 3 is 2.92 bits per heavy atom. The number of amidine groups is 1. The normalized spacial score (nSPS) is 21.1. The van der Waals surface area contributed by atoms with Crippen LogP contribution in [0.1, 0.15) is 18.1 Å². The van der Waals surface area contributed by atoms with Crippen LogP contribution in [0.3, 0.4) is 0 Å². The van der Waals surface area contributed by atoms with E-state index in [-0.39, 0.29) is 6.23 Å². The van der Waals surface area contributed by atoms with E-state index in [9.17, 15) is 0 Å². The minimum atomic E-state index is -0.0875. The molecule has 1 unspecified atom stereocenters. The quantitative estimate of drug-likeness (QED) is 0.705. The molecule has 0 aliphatic carbocycles. The molecule has 1 heterocycles. The van der Waals surface area contributed by atoms with Crippen molar-refractivity contribution < 1.29 is 4.84 Å². The minimum absolute atomic E-state index is 0.0875. The van der Waals surface area contributed by atoms with E-state index in [4.69, 9.17) is 4.84 Å². The molecule has 0 radical (unpaired) electrons. The lowest BCUT2D eigenvalue weighted by molar-refractivity contribution is 0.0504. The van der Waals surface area contributed by atoms with Crippen molar-refractivity contribution in [2.45, 2.75) is 20.1 Å². The van der Waals surface area contributed by atoms with E-state index in [1.807, 2.05) is 19.1 Å². The van der Waals surface area contributed by atoms with Crippen LogP contribution < -0.4 is 5.48 Å². The van der Waals surface area contributed by atoms with Crippen LogP contribution in [0, 0.1) is 6.92 Å². The Labute approximate surface area is 77.4 Å². The highest BCUT2D eigenvalue weighted by molar-refractivity contribution is 5.98. The zero-order valence-corrected chi connectivity index (χ0v) is 7.74. The first-order chi connectivity index (χ1) is 6.25. The first-order valence-corrected chi connectivity index (χ1v) is 4.32. The molecule has 0 spiro atoms. The van der Waals surface area contributed by atoms with Crippen molar-refractivity contribution in [2.75, 3.05) is 0 Å². The van der Waals surface area contributed by atoms with Gasteiger partial charge in [0.05, 0.1) is 0 Å². The molecule has 1 aliphatic heterocycles. The zero-order chi connectivity index (χ0) is 9.26. The van der Waals surface area contributed by atoms with E-state index in [1.165, 1.54) is 5.56 Å². The van der Waals surface area contributed by atoms with Crippen LogP contribution in [0.25, 0.3) is 0 Å². The van der Waals surface area contributed by atoms with Crippen molar-refractivity contribution in [2.24, 2.45) is 4.99 Å². The number of hydrogen-bond donors (Lipinski definition) is 1. The molecule has 3 heteroatoms. The number of hydrogen-bond acceptors (Lipinski definition) is 3. The van der Waals surface area contributed by atoms with Gasteiger partial charge in [0.25, 0.3) is 0 Å². The van der Waals surface area contributed by atoms with E-state index in [2.05, 4.69) is 29.5 Å². The third kappa shape index (κ3) is 1.70. The van der Waals surface area contributed by atoms with Gasteiger partial charge in [-0.15, -0.1) is 0 Å². The van der Waals surface area contributed by atoms with Crippen LogP contribution in [0.5, 0.6) is 0 Å². The van der Waals surface area contributed by atoms with Gasteiger partial charge in [-0.3, -0.25) is 0 Å². The summed E-state index contributed by atoms with van der Waals surface area (Å²) in [4.78, 5) is 9.39. The maximum absolute atomic E-state index is 5.11. The number of nitrogens with zero attached hydrogens (tertiary/aromatic N) is 1. The maximum atomic E-state index is 5.11. The molecule has 1 aromatic carbocycles. The standard InChI is InChI=1S/C10H12N2O/c1-7-4-3-5-9(6-7)10-11-8(2)13-12-10/h3-6,8H,1-2H3,(H,11,12). The molecule has 0 saturated carbocycles. The second-order valence-corrected chi connectivity index (χ2v) is 3.17. The molecule has 13 heavy (non-hydrogen) atoms. The summed E-state index contributed by atoms with van der Waals surface area (Å²) in [5.41, 5.74) is 5.10. The number of rotatable bonds is 1. The Balaban J connectivity index is 2.31. The Morgan fingerprint density at radius 1 is 1.46 bits per heavy atom. The molecule has 1 N–H and O–H groups in total. The SMILES string of the molecule is Cc1cccc(C2=NC(C)ON2)c1. The molecule has 1 aliphatic rings. The highest BCUT2D eigenvalue weighted by Gasteiger charge is 2.13. The summed E-state index contributed by atoms with van der Waals surface area (Å²) in [5.74, 6) is 0.816. The minimum Gasteiger partial charge on any atom is -0.248 e. The summed E-state index contributed by atoms with van der Waals surface area (Å²) in [6, 6.07) is 8.16. The van der Waals surface area contributed by atoms with Crippen molar-refractivity contribution >= 4 is 5.84 Å². The highest BCUT2D eigenvalue weighted by Crippen LogP contribution is 2.09. The van der Waals surface area contributed by atoms with E-state index < -0.39 is 0 Å². The molecule has 1 atom stereocenters. The Bertz CT molecular complexity index is 347. The summed E-state index contributed by atoms with van der Waals surface area (Å²) >= 11 is 0. The maximum Gasteiger partial charge on any atom is 0.174 e. The molecule has 2 rings (SSSR count). The summed E-state index contributed by atoms with van der Waals surface area (Å²) in [7, 11) is 0. The summed E-state index contributed by atoms with van der Waals surface area (Å²) < 4.78 is 0. The summed E-state index contributed by atoms with van der Waals surface area (Å²) in [6.45, 7) is 3.96. The number of hydroxylamine groups is 1. The predicted molar refractivity (Wildman–Crippen MR) is 51.4 cm³/mol. The summed E-state index contributed by atoms with van der Waals surface area (Å²) in [6.07, 6.45) is -0.0875. The Hall–Kier alpha value is -1.35. The molecule has 3 nitrogen and oxygen atoms in total. The van der Waals surface area contributed by atoms with E-state index >= 15 is 0 Å². The van der Waals surface area contributed by atoms with Gasteiger partial charge in [-0.1, -0.05) is 23.8 Å². The second kappa shape index (κ2) is 3.18. The van der Waals surface area contributed by atoms with Gasteiger partial charge >= 0.3 is 0 Å². The van der Waals surface area contributed by atoms with Crippen LogP contribution in [0.4, 0.5) is 0 Å². The lowest BCUT2D eigenvalue weighted by Crippen LogP contribution is -2.18. The summed E-state index contributed by atoms with van der Waals surface area (Å²) in [5, 5.41) is 0. The second-order valence-electron chi connectivity index (χ2n) is 3.17. The van der Waals surface area contributed by atoms with Crippen molar-refractivity contribution in [1.82, 2.24) is 5.48 Å². The lowest BCUT2D eigenvalue weighted by atomic mass is 10.1. The van der Waals surface area contributed by atoms with E-state index in [1.54, 1.807) is 0 Å². The van der Waals surface area contributed by atoms with Crippen molar-refractivity contribution in [3.05, 3.63) is 35.4 Å². The number of benzene rings is 1.